The van der Waals surface area contributed by atoms with E-state index in [1.165, 1.54) is 6.07 Å². The number of aromatic nitrogens is 2. The summed E-state index contributed by atoms with van der Waals surface area (Å²) in [5.41, 5.74) is 2.17. The van der Waals surface area contributed by atoms with Crippen molar-refractivity contribution in [2.45, 2.75) is 26.7 Å². The minimum Gasteiger partial charge on any atom is -0.493 e. The quantitative estimate of drug-likeness (QED) is 0.466. The lowest BCUT2D eigenvalue weighted by Crippen LogP contribution is -2.25. The van der Waals surface area contributed by atoms with E-state index in [9.17, 15) is 4.39 Å². The molecule has 0 aliphatic carbocycles. The van der Waals surface area contributed by atoms with Gasteiger partial charge >= 0.3 is 0 Å². The van der Waals surface area contributed by atoms with Gasteiger partial charge in [-0.1, -0.05) is 25.4 Å². The van der Waals surface area contributed by atoms with Crippen molar-refractivity contribution in [3.8, 4) is 11.5 Å². The first-order valence-corrected chi connectivity index (χ1v) is 10.3. The van der Waals surface area contributed by atoms with Gasteiger partial charge in [-0.15, -0.1) is 0 Å². The molecule has 0 unspecified atom stereocenters. The second-order valence-electron chi connectivity index (χ2n) is 6.86. The fraction of sp³-hybridized carbons (Fsp3) is 0.409. The molecule has 0 aliphatic heterocycles. The Balaban J connectivity index is 1.73. The van der Waals surface area contributed by atoms with E-state index in [-0.39, 0.29) is 5.82 Å². The highest BCUT2D eigenvalue weighted by Gasteiger charge is 2.15. The number of ether oxygens (including phenoxy) is 2. The number of pyridine rings is 1. The van der Waals surface area contributed by atoms with E-state index in [0.717, 1.165) is 42.7 Å². The normalized spacial score (nSPS) is 11.4. The van der Waals surface area contributed by atoms with Gasteiger partial charge in [0.25, 0.3) is 0 Å². The summed E-state index contributed by atoms with van der Waals surface area (Å²) in [5, 5.41) is 1.43. The van der Waals surface area contributed by atoms with Gasteiger partial charge in [0, 0.05) is 36.8 Å². The number of hydrogen-bond acceptors (Lipinski definition) is 4. The maximum atomic E-state index is 14.8. The number of aromatic amines is 1. The molecule has 0 bridgehead atoms. The van der Waals surface area contributed by atoms with E-state index >= 15 is 0 Å². The topological polar surface area (TPSA) is 50.4 Å². The molecule has 0 atom stereocenters. The molecule has 3 rings (SSSR count). The Kier molecular flexibility index (Phi) is 7.34. The molecule has 0 amide bonds. The predicted molar refractivity (Wildman–Crippen MR) is 115 cm³/mol. The minimum absolute atomic E-state index is 0.325. The number of nitrogens with one attached hydrogen (secondary N) is 1. The zero-order valence-corrected chi connectivity index (χ0v) is 17.9. The van der Waals surface area contributed by atoms with Crippen molar-refractivity contribution in [2.75, 3.05) is 33.4 Å². The molecule has 1 aromatic carbocycles. The number of methoxy groups -OCH3 is 1. The third kappa shape index (κ3) is 5.19. The summed E-state index contributed by atoms with van der Waals surface area (Å²) in [6, 6.07) is 4.94. The van der Waals surface area contributed by atoms with E-state index in [2.05, 4.69) is 28.7 Å². The number of benzene rings is 1. The van der Waals surface area contributed by atoms with Gasteiger partial charge in [-0.2, -0.15) is 0 Å². The molecule has 156 valence electrons. The van der Waals surface area contributed by atoms with Crippen LogP contribution in [0.3, 0.4) is 0 Å². The highest BCUT2D eigenvalue weighted by atomic mass is 35.5. The third-order valence-electron chi connectivity index (χ3n) is 5.07. The van der Waals surface area contributed by atoms with Crippen LogP contribution < -0.4 is 9.47 Å². The largest absolute Gasteiger partial charge is 0.493 e. The van der Waals surface area contributed by atoms with Crippen molar-refractivity contribution in [2.24, 2.45) is 0 Å². The first-order chi connectivity index (χ1) is 14.0. The lowest BCUT2D eigenvalue weighted by Gasteiger charge is -2.18. The summed E-state index contributed by atoms with van der Waals surface area (Å²) < 4.78 is 26.0. The number of halogens is 2. The fourth-order valence-electron chi connectivity index (χ4n) is 3.38. The highest BCUT2D eigenvalue weighted by molar-refractivity contribution is 6.31. The average molecular weight is 420 g/mol. The van der Waals surface area contributed by atoms with Crippen LogP contribution in [0.2, 0.25) is 5.02 Å². The van der Waals surface area contributed by atoms with Gasteiger partial charge in [0.15, 0.2) is 11.5 Å². The summed E-state index contributed by atoms with van der Waals surface area (Å²) in [7, 11) is 1.56. The Hall–Kier alpha value is -2.31. The summed E-state index contributed by atoms with van der Waals surface area (Å²) in [4.78, 5) is 9.67. The van der Waals surface area contributed by atoms with Gasteiger partial charge in [-0.05, 0) is 42.8 Å². The van der Waals surface area contributed by atoms with Crippen LogP contribution in [0.4, 0.5) is 4.39 Å². The zero-order valence-electron chi connectivity index (χ0n) is 17.1. The Morgan fingerprint density at radius 1 is 1.14 bits per heavy atom. The molecule has 2 heterocycles. The molecule has 3 aromatic rings. The molecule has 0 fully saturated rings. The Labute approximate surface area is 175 Å². The molecule has 29 heavy (non-hydrogen) atoms. The van der Waals surface area contributed by atoms with Crippen LogP contribution >= 0.6 is 11.6 Å². The average Bonchev–Trinajstić information content (AvgIpc) is 3.11. The summed E-state index contributed by atoms with van der Waals surface area (Å²) in [6.45, 7) is 7.76. The smallest absolute Gasteiger partial charge is 0.164 e. The van der Waals surface area contributed by atoms with Gasteiger partial charge in [-0.25, -0.2) is 9.37 Å². The Bertz CT molecular complexity index is 957. The molecule has 1 N–H and O–H groups in total. The van der Waals surface area contributed by atoms with Crippen LogP contribution in [0.5, 0.6) is 11.5 Å². The molecule has 2 aromatic heterocycles. The molecule has 0 saturated heterocycles. The molecule has 7 heteroatoms. The summed E-state index contributed by atoms with van der Waals surface area (Å²) in [6.07, 6.45) is 4.68. The number of rotatable bonds is 10. The lowest BCUT2D eigenvalue weighted by atomic mass is 10.0. The van der Waals surface area contributed by atoms with Crippen molar-refractivity contribution < 1.29 is 13.9 Å². The van der Waals surface area contributed by atoms with E-state index < -0.39 is 0 Å². The highest BCUT2D eigenvalue weighted by Crippen LogP contribution is 2.32. The second-order valence-corrected chi connectivity index (χ2v) is 7.30. The first-order valence-electron chi connectivity index (χ1n) is 9.88. The van der Waals surface area contributed by atoms with E-state index in [0.29, 0.717) is 35.1 Å². The maximum absolute atomic E-state index is 14.8. The van der Waals surface area contributed by atoms with Crippen LogP contribution in [0.25, 0.3) is 11.0 Å². The van der Waals surface area contributed by atoms with Crippen LogP contribution in [0.15, 0.2) is 30.6 Å². The zero-order chi connectivity index (χ0) is 20.8. The van der Waals surface area contributed by atoms with Gasteiger partial charge in [0.1, 0.15) is 11.5 Å². The number of H-pyrrole nitrogens is 1. The number of hydrogen-bond donors (Lipinski definition) is 1. The summed E-state index contributed by atoms with van der Waals surface area (Å²) in [5.74, 6) is 0.631. The Morgan fingerprint density at radius 3 is 2.66 bits per heavy atom. The van der Waals surface area contributed by atoms with Crippen molar-refractivity contribution in [3.05, 3.63) is 52.6 Å². The standard InChI is InChI=1S/C22H27ClFN3O2/c1-4-27(5-2)7-6-8-29-21-12-19(24)15(10-20(21)28-3)9-16-13-25-22-18(16)11-17(23)14-26-22/h10-14H,4-9H2,1-3H3,(H,25,26). The van der Waals surface area contributed by atoms with Crippen molar-refractivity contribution in [1.29, 1.82) is 0 Å². The van der Waals surface area contributed by atoms with Crippen LogP contribution in [0.1, 0.15) is 31.4 Å². The second kappa shape index (κ2) is 9.94. The van der Waals surface area contributed by atoms with E-state index in [4.69, 9.17) is 21.1 Å². The van der Waals surface area contributed by atoms with Crippen molar-refractivity contribution in [1.82, 2.24) is 14.9 Å². The monoisotopic (exact) mass is 419 g/mol. The van der Waals surface area contributed by atoms with Crippen LogP contribution in [-0.2, 0) is 6.42 Å². The third-order valence-corrected chi connectivity index (χ3v) is 5.27. The SMILES string of the molecule is CCN(CC)CCCOc1cc(F)c(Cc2c[nH]c3ncc(Cl)cc23)cc1OC. The van der Waals surface area contributed by atoms with Gasteiger partial charge in [0.2, 0.25) is 0 Å². The van der Waals surface area contributed by atoms with E-state index in [1.807, 2.05) is 12.3 Å². The van der Waals surface area contributed by atoms with Crippen molar-refractivity contribution in [3.63, 3.8) is 0 Å². The van der Waals surface area contributed by atoms with E-state index in [1.54, 1.807) is 19.4 Å². The predicted octanol–water partition coefficient (Wildman–Crippen LogP) is 5.07. The fourth-order valence-corrected chi connectivity index (χ4v) is 3.54. The molecular weight excluding hydrogens is 393 g/mol. The molecule has 0 saturated carbocycles. The molecule has 0 aliphatic rings. The molecular formula is C22H27ClFN3O2. The summed E-state index contributed by atoms with van der Waals surface area (Å²) >= 11 is 6.06. The van der Waals surface area contributed by atoms with Crippen LogP contribution in [-0.4, -0.2) is 48.2 Å². The van der Waals surface area contributed by atoms with Crippen LogP contribution in [0, 0.1) is 5.82 Å². The van der Waals surface area contributed by atoms with Crippen molar-refractivity contribution >= 4 is 22.6 Å². The number of nitrogens with zero attached hydrogens (tertiary/aromatic N) is 2. The molecule has 5 nitrogen and oxygen atoms in total. The van der Waals surface area contributed by atoms with Gasteiger partial charge in [-0.3, -0.25) is 0 Å². The first kappa shape index (κ1) is 21.4. The molecule has 0 spiro atoms. The van der Waals surface area contributed by atoms with Gasteiger partial charge in [0.05, 0.1) is 18.7 Å². The maximum Gasteiger partial charge on any atom is 0.164 e. The lowest BCUT2D eigenvalue weighted by molar-refractivity contribution is 0.242. The minimum atomic E-state index is -0.325. The molecule has 0 radical (unpaired) electrons. The number of fused-ring (bicyclic) bond motifs is 1. The van der Waals surface area contributed by atoms with Gasteiger partial charge < -0.3 is 19.4 Å². The Morgan fingerprint density at radius 2 is 1.93 bits per heavy atom.